The lowest BCUT2D eigenvalue weighted by Gasteiger charge is -2.33. The Labute approximate surface area is 173 Å². The summed E-state index contributed by atoms with van der Waals surface area (Å²) in [5.41, 5.74) is 11.8. The highest BCUT2D eigenvalue weighted by Crippen LogP contribution is 2.67. The molecule has 0 bridgehead atoms. The second kappa shape index (κ2) is 6.07. The summed E-state index contributed by atoms with van der Waals surface area (Å²) in [6, 6.07) is 18.3. The average molecular weight is 375 g/mol. The Morgan fingerprint density at radius 1 is 0.759 bits per heavy atom. The number of hydrogen-bond donors (Lipinski definition) is 0. The lowest BCUT2D eigenvalue weighted by atomic mass is 9.68. The lowest BCUT2D eigenvalue weighted by molar-refractivity contribution is 0.771. The second-order valence-corrected chi connectivity index (χ2v) is 8.40. The monoisotopic (exact) mass is 374 g/mol. The van der Waals surface area contributed by atoms with Gasteiger partial charge in [0.15, 0.2) is 0 Å². The molecule has 5 aliphatic carbocycles. The molecule has 3 atom stereocenters. The maximum Gasteiger partial charge on any atom is 0.0722 e. The number of hydrogen-bond acceptors (Lipinski definition) is 0. The molecule has 3 unspecified atom stereocenters. The molecule has 5 aliphatic rings. The fourth-order valence-electron chi connectivity index (χ4n) is 6.09. The molecular formula is C29H26. The number of allylic oxidation sites excluding steroid dienone is 10. The van der Waals surface area contributed by atoms with E-state index in [9.17, 15) is 0 Å². The van der Waals surface area contributed by atoms with Crippen molar-refractivity contribution in [3.05, 3.63) is 118 Å². The van der Waals surface area contributed by atoms with Crippen LogP contribution in [0.2, 0.25) is 0 Å². The van der Waals surface area contributed by atoms with Gasteiger partial charge in [-0.2, -0.15) is 0 Å². The second-order valence-electron chi connectivity index (χ2n) is 8.40. The van der Waals surface area contributed by atoms with E-state index >= 15 is 0 Å². The van der Waals surface area contributed by atoms with Gasteiger partial charge < -0.3 is 0 Å². The van der Waals surface area contributed by atoms with Gasteiger partial charge in [-0.25, -0.2) is 0 Å². The Morgan fingerprint density at radius 3 is 2.28 bits per heavy atom. The molecule has 0 heterocycles. The summed E-state index contributed by atoms with van der Waals surface area (Å²) in [6.07, 6.45) is 16.7. The van der Waals surface area contributed by atoms with Crippen LogP contribution in [0.1, 0.15) is 48.9 Å². The van der Waals surface area contributed by atoms with Crippen molar-refractivity contribution in [3.63, 3.8) is 0 Å². The van der Waals surface area contributed by atoms with Gasteiger partial charge in [0.25, 0.3) is 0 Å². The van der Waals surface area contributed by atoms with Crippen molar-refractivity contribution in [1.29, 1.82) is 0 Å². The largest absolute Gasteiger partial charge is 0.0804 e. The van der Waals surface area contributed by atoms with Gasteiger partial charge in [-0.1, -0.05) is 98.8 Å². The predicted molar refractivity (Wildman–Crippen MR) is 122 cm³/mol. The third kappa shape index (κ3) is 2.00. The van der Waals surface area contributed by atoms with Gasteiger partial charge in [-0.15, -0.1) is 0 Å². The zero-order valence-electron chi connectivity index (χ0n) is 17.2. The summed E-state index contributed by atoms with van der Waals surface area (Å²) in [7, 11) is 0. The Balaban J connectivity index is 0.000000803. The molecule has 0 saturated heterocycles. The van der Waals surface area contributed by atoms with E-state index in [2.05, 4.69) is 85.0 Å². The summed E-state index contributed by atoms with van der Waals surface area (Å²) < 4.78 is 0. The topological polar surface area (TPSA) is 0 Å². The van der Waals surface area contributed by atoms with Gasteiger partial charge in [0.1, 0.15) is 0 Å². The molecule has 0 aliphatic heterocycles. The number of rotatable bonds is 0. The van der Waals surface area contributed by atoms with Gasteiger partial charge in [0.2, 0.25) is 0 Å². The molecular weight excluding hydrogens is 348 g/mol. The van der Waals surface area contributed by atoms with E-state index in [4.69, 9.17) is 0 Å². The van der Waals surface area contributed by atoms with Gasteiger partial charge in [-0.05, 0) is 69.2 Å². The molecule has 0 heteroatoms. The van der Waals surface area contributed by atoms with Gasteiger partial charge in [0, 0.05) is 0 Å². The van der Waals surface area contributed by atoms with E-state index < -0.39 is 0 Å². The first-order valence-corrected chi connectivity index (χ1v) is 11.1. The summed E-state index contributed by atoms with van der Waals surface area (Å²) in [5.74, 6) is 1.49. The van der Waals surface area contributed by atoms with E-state index in [-0.39, 0.29) is 5.41 Å². The van der Waals surface area contributed by atoms with Crippen LogP contribution in [0.5, 0.6) is 0 Å². The van der Waals surface area contributed by atoms with Crippen molar-refractivity contribution in [2.45, 2.75) is 32.1 Å². The quantitative estimate of drug-likeness (QED) is 0.455. The van der Waals surface area contributed by atoms with E-state index in [0.717, 1.165) is 18.3 Å². The zero-order chi connectivity index (χ0) is 19.6. The van der Waals surface area contributed by atoms with Gasteiger partial charge in [-0.3, -0.25) is 0 Å². The fraction of sp³-hybridized carbons (Fsp3) is 0.241. The van der Waals surface area contributed by atoms with Gasteiger partial charge >= 0.3 is 0 Å². The highest BCUT2D eigenvalue weighted by molar-refractivity contribution is 5.99. The molecule has 0 radical (unpaired) electrons. The van der Waals surface area contributed by atoms with Crippen LogP contribution in [0, 0.1) is 11.8 Å². The number of fused-ring (bicyclic) bond motifs is 10. The molecule has 0 N–H and O–H groups in total. The van der Waals surface area contributed by atoms with Crippen molar-refractivity contribution in [2.24, 2.45) is 11.8 Å². The van der Waals surface area contributed by atoms with E-state index in [1.54, 1.807) is 11.1 Å². The van der Waals surface area contributed by atoms with Gasteiger partial charge in [0.05, 0.1) is 5.41 Å². The summed E-state index contributed by atoms with van der Waals surface area (Å²) in [6.45, 7) is 4.00. The summed E-state index contributed by atoms with van der Waals surface area (Å²) in [4.78, 5) is 0. The Hall–Kier alpha value is -2.86. The predicted octanol–water partition coefficient (Wildman–Crippen LogP) is 7.26. The van der Waals surface area contributed by atoms with Crippen LogP contribution in [0.3, 0.4) is 0 Å². The normalized spacial score (nSPS) is 28.9. The Bertz CT molecular complexity index is 1180. The SMILES string of the molecule is C1=CC2=C(C=CC1)C1(C3=C(c4ccccc41)C1CC1C=C3)c1ccccc12.CC. The first-order valence-electron chi connectivity index (χ1n) is 11.1. The molecule has 29 heavy (non-hydrogen) atoms. The lowest BCUT2D eigenvalue weighted by Crippen LogP contribution is -2.28. The van der Waals surface area contributed by atoms with Crippen LogP contribution in [0.4, 0.5) is 0 Å². The first-order chi connectivity index (χ1) is 14.4. The third-order valence-corrected chi connectivity index (χ3v) is 7.19. The van der Waals surface area contributed by atoms with Crippen LogP contribution in [0.15, 0.2) is 96.1 Å². The Morgan fingerprint density at radius 2 is 1.45 bits per heavy atom. The first kappa shape index (κ1) is 17.0. The average Bonchev–Trinajstić information content (AvgIpc) is 3.51. The zero-order valence-corrected chi connectivity index (χ0v) is 17.2. The fourth-order valence-corrected chi connectivity index (χ4v) is 6.09. The van der Waals surface area contributed by atoms with Crippen LogP contribution in [0.25, 0.3) is 11.1 Å². The van der Waals surface area contributed by atoms with Crippen molar-refractivity contribution >= 4 is 11.1 Å². The molecule has 142 valence electrons. The van der Waals surface area contributed by atoms with E-state index in [1.807, 2.05) is 13.8 Å². The molecule has 0 nitrogen and oxygen atoms in total. The minimum atomic E-state index is -0.132. The van der Waals surface area contributed by atoms with Crippen molar-refractivity contribution in [2.75, 3.05) is 0 Å². The Kier molecular flexibility index (Phi) is 3.56. The van der Waals surface area contributed by atoms with Crippen LogP contribution < -0.4 is 0 Å². The minimum absolute atomic E-state index is 0.132. The molecule has 1 spiro atoms. The molecule has 7 rings (SSSR count). The van der Waals surface area contributed by atoms with Crippen LogP contribution >= 0.6 is 0 Å². The summed E-state index contributed by atoms with van der Waals surface area (Å²) in [5, 5.41) is 0. The standard InChI is InChI=1S/C27H20.C2H6/c1-2-8-18-19-9-4-6-12-23(19)27(22(18)11-3-1)24-13-7-5-10-20(24)26-21-16-17(21)14-15-25(26)27;1-2/h2-15,17,21H,1,16H2;1-2H3. The van der Waals surface area contributed by atoms with Crippen molar-refractivity contribution in [3.8, 4) is 0 Å². The molecule has 2 aromatic carbocycles. The van der Waals surface area contributed by atoms with Crippen LogP contribution in [-0.4, -0.2) is 0 Å². The van der Waals surface area contributed by atoms with E-state index in [1.165, 1.54) is 39.8 Å². The third-order valence-electron chi connectivity index (χ3n) is 7.19. The van der Waals surface area contributed by atoms with Crippen molar-refractivity contribution in [1.82, 2.24) is 0 Å². The van der Waals surface area contributed by atoms with E-state index in [0.29, 0.717) is 0 Å². The maximum atomic E-state index is 2.48. The molecule has 1 fully saturated rings. The number of benzene rings is 2. The molecule has 2 aromatic rings. The molecule has 1 saturated carbocycles. The molecule has 0 amide bonds. The molecule has 0 aromatic heterocycles. The summed E-state index contributed by atoms with van der Waals surface area (Å²) >= 11 is 0. The maximum absolute atomic E-state index is 2.48. The smallest absolute Gasteiger partial charge is 0.0722 e. The highest BCUT2D eigenvalue weighted by Gasteiger charge is 2.56. The highest BCUT2D eigenvalue weighted by atomic mass is 14.6. The van der Waals surface area contributed by atoms with Crippen molar-refractivity contribution < 1.29 is 0 Å². The van der Waals surface area contributed by atoms with Crippen LogP contribution in [-0.2, 0) is 5.41 Å². The minimum Gasteiger partial charge on any atom is -0.0804 e.